The Hall–Kier alpha value is -1.04. The molecule has 0 aliphatic carbocycles. The summed E-state index contributed by atoms with van der Waals surface area (Å²) in [5.41, 5.74) is 1.30. The first-order chi connectivity index (χ1) is 14.6. The van der Waals surface area contributed by atoms with Crippen molar-refractivity contribution >= 4 is 28.7 Å². The van der Waals surface area contributed by atoms with Crippen LogP contribution in [0.5, 0.6) is 0 Å². The zero-order chi connectivity index (χ0) is 23.0. The molecular weight excluding hydrogens is 457 g/mol. The summed E-state index contributed by atoms with van der Waals surface area (Å²) in [6, 6.07) is 9.11. The molecule has 1 aromatic carbocycles. The Labute approximate surface area is 188 Å². The first kappa shape index (κ1) is 26.2. The second-order valence-corrected chi connectivity index (χ2v) is 9.58. The molecule has 6 nitrogen and oxygen atoms in total. The molecule has 2 aliphatic heterocycles. The number of alkyl halides is 3. The molecule has 1 aromatic rings. The summed E-state index contributed by atoms with van der Waals surface area (Å²) in [6.45, 7) is 3.77. The number of rotatable bonds is 5. The Balaban J connectivity index is 0.000000423. The lowest BCUT2D eigenvalue weighted by Gasteiger charge is -2.45. The average molecular weight is 485 g/mol. The standard InChI is InChI=1S/C18H27ClN2O2S.C2HF3O2/c1-24(22)13-18-11-21(16-6-8-20-9-7-16)17(12-23-18)10-14-2-4-15(19)5-3-14;3-2(4,5)1(6)7/h2-5,16-18,20H,6-13H2,1H3;(H,6,7)/t17-,18+,24?;/m0./s1. The summed E-state index contributed by atoms with van der Waals surface area (Å²) in [4.78, 5) is 11.5. The second kappa shape index (κ2) is 12.3. The maximum Gasteiger partial charge on any atom is 0.490 e. The van der Waals surface area contributed by atoms with E-state index in [4.69, 9.17) is 26.2 Å². The normalized spacial score (nSPS) is 24.2. The molecule has 176 valence electrons. The molecule has 0 aromatic heterocycles. The summed E-state index contributed by atoms with van der Waals surface area (Å²) in [5.74, 6) is -2.12. The molecule has 0 radical (unpaired) electrons. The molecule has 3 atom stereocenters. The van der Waals surface area contributed by atoms with E-state index in [9.17, 15) is 17.7 Å². The van der Waals surface area contributed by atoms with Gasteiger partial charge in [-0.05, 0) is 50.0 Å². The van der Waals surface area contributed by atoms with Crippen molar-refractivity contribution in [1.82, 2.24) is 10.2 Å². The Morgan fingerprint density at radius 2 is 1.90 bits per heavy atom. The van der Waals surface area contributed by atoms with Gasteiger partial charge in [0.15, 0.2) is 0 Å². The molecule has 2 fully saturated rings. The minimum absolute atomic E-state index is 0.0900. The van der Waals surface area contributed by atoms with E-state index in [1.165, 1.54) is 18.4 Å². The Kier molecular flexibility index (Phi) is 10.4. The van der Waals surface area contributed by atoms with Crippen molar-refractivity contribution in [2.75, 3.05) is 38.2 Å². The van der Waals surface area contributed by atoms with Gasteiger partial charge in [-0.25, -0.2) is 4.79 Å². The minimum atomic E-state index is -5.08. The first-order valence-corrected chi connectivity index (χ1v) is 12.1. The first-order valence-electron chi connectivity index (χ1n) is 9.99. The molecule has 31 heavy (non-hydrogen) atoms. The van der Waals surface area contributed by atoms with Gasteiger partial charge in [-0.1, -0.05) is 34.9 Å². The fourth-order valence-corrected chi connectivity index (χ4v) is 4.65. The molecule has 2 aliphatic rings. The highest BCUT2D eigenvalue weighted by atomic mass is 35.5. The Morgan fingerprint density at radius 1 is 1.32 bits per heavy atom. The van der Waals surface area contributed by atoms with Gasteiger partial charge in [0.1, 0.15) is 11.9 Å². The van der Waals surface area contributed by atoms with Gasteiger partial charge in [0.25, 0.3) is 0 Å². The number of hydrogen-bond donors (Lipinski definition) is 2. The highest BCUT2D eigenvalue weighted by Crippen LogP contribution is 2.24. The van der Waals surface area contributed by atoms with Crippen molar-refractivity contribution in [2.45, 2.75) is 43.6 Å². The molecular formula is C20H28ClF3N2O4S. The van der Waals surface area contributed by atoms with E-state index in [0.717, 1.165) is 31.1 Å². The molecule has 0 saturated carbocycles. The molecule has 2 N–H and O–H groups in total. The van der Waals surface area contributed by atoms with Crippen molar-refractivity contribution in [3.05, 3.63) is 34.9 Å². The number of carboxylic acid groups (broad SMARTS) is 1. The van der Waals surface area contributed by atoms with Crippen LogP contribution in [0.15, 0.2) is 24.3 Å². The van der Waals surface area contributed by atoms with Crippen LogP contribution in [-0.4, -0.2) is 83.1 Å². The number of halogens is 4. The number of nitrogens with zero attached hydrogens (tertiary/aromatic N) is 1. The predicted octanol–water partition coefficient (Wildman–Crippen LogP) is 2.72. The van der Waals surface area contributed by atoms with Crippen LogP contribution in [0, 0.1) is 0 Å². The zero-order valence-electron chi connectivity index (χ0n) is 17.2. The van der Waals surface area contributed by atoms with Crippen molar-refractivity contribution in [3.63, 3.8) is 0 Å². The molecule has 2 heterocycles. The van der Waals surface area contributed by atoms with Crippen LogP contribution >= 0.6 is 11.6 Å². The lowest BCUT2D eigenvalue weighted by atomic mass is 9.97. The maximum atomic E-state index is 11.6. The van der Waals surface area contributed by atoms with Gasteiger partial charge in [-0.2, -0.15) is 13.2 Å². The summed E-state index contributed by atoms with van der Waals surface area (Å²) in [5, 5.41) is 11.3. The van der Waals surface area contributed by atoms with Gasteiger partial charge in [0.2, 0.25) is 0 Å². The van der Waals surface area contributed by atoms with E-state index in [1.54, 1.807) is 6.26 Å². The van der Waals surface area contributed by atoms with E-state index in [0.29, 0.717) is 24.4 Å². The van der Waals surface area contributed by atoms with Gasteiger partial charge < -0.3 is 19.7 Å². The van der Waals surface area contributed by atoms with Crippen molar-refractivity contribution < 1.29 is 32.4 Å². The number of carbonyl (C=O) groups is 1. The number of ether oxygens (including phenoxy) is 1. The van der Waals surface area contributed by atoms with Gasteiger partial charge in [0.05, 0.1) is 12.9 Å². The van der Waals surface area contributed by atoms with Crippen molar-refractivity contribution in [3.8, 4) is 0 Å². The largest absolute Gasteiger partial charge is 0.616 e. The number of aliphatic carboxylic acids is 1. The fourth-order valence-electron chi connectivity index (χ4n) is 3.80. The SMILES string of the molecule is C[S+]([O-])C[C@H]1CN(C2CCNCC2)[C@@H](Cc2ccc(Cl)cc2)CO1.O=C(O)C(F)(F)F. The van der Waals surface area contributed by atoms with E-state index >= 15 is 0 Å². The predicted molar refractivity (Wildman–Crippen MR) is 114 cm³/mol. The van der Waals surface area contributed by atoms with Gasteiger partial charge in [0, 0.05) is 23.7 Å². The number of hydrogen-bond acceptors (Lipinski definition) is 5. The summed E-state index contributed by atoms with van der Waals surface area (Å²) < 4.78 is 49.4. The topological polar surface area (TPSA) is 84.9 Å². The summed E-state index contributed by atoms with van der Waals surface area (Å²) in [7, 11) is 0. The van der Waals surface area contributed by atoms with E-state index in [1.807, 2.05) is 12.1 Å². The van der Waals surface area contributed by atoms with E-state index in [-0.39, 0.29) is 6.10 Å². The summed E-state index contributed by atoms with van der Waals surface area (Å²) in [6.07, 6.45) is 0.103. The monoisotopic (exact) mass is 484 g/mol. The quantitative estimate of drug-likeness (QED) is 0.625. The third-order valence-corrected chi connectivity index (χ3v) is 6.33. The number of nitrogens with one attached hydrogen (secondary N) is 1. The van der Waals surface area contributed by atoms with Gasteiger partial charge in [-0.3, -0.25) is 4.90 Å². The van der Waals surface area contributed by atoms with Crippen LogP contribution in [0.1, 0.15) is 18.4 Å². The van der Waals surface area contributed by atoms with Crippen LogP contribution in [0.2, 0.25) is 5.02 Å². The van der Waals surface area contributed by atoms with E-state index < -0.39 is 23.3 Å². The van der Waals surface area contributed by atoms with Crippen molar-refractivity contribution in [2.24, 2.45) is 0 Å². The fraction of sp³-hybridized carbons (Fsp3) is 0.650. The average Bonchev–Trinajstić information content (AvgIpc) is 2.71. The second-order valence-electron chi connectivity index (χ2n) is 7.66. The highest BCUT2D eigenvalue weighted by molar-refractivity contribution is 7.90. The van der Waals surface area contributed by atoms with Crippen LogP contribution in [0.3, 0.4) is 0 Å². The van der Waals surface area contributed by atoms with Crippen LogP contribution in [0.4, 0.5) is 13.2 Å². The third kappa shape index (κ3) is 9.15. The minimum Gasteiger partial charge on any atom is -0.616 e. The Morgan fingerprint density at radius 3 is 2.42 bits per heavy atom. The molecule has 3 rings (SSSR count). The molecule has 0 amide bonds. The molecule has 2 saturated heterocycles. The van der Waals surface area contributed by atoms with Crippen LogP contribution in [-0.2, 0) is 27.1 Å². The zero-order valence-corrected chi connectivity index (χ0v) is 18.8. The maximum absolute atomic E-state index is 11.6. The molecule has 0 spiro atoms. The van der Waals surface area contributed by atoms with Crippen LogP contribution in [0.25, 0.3) is 0 Å². The lowest BCUT2D eigenvalue weighted by molar-refractivity contribution is -0.192. The van der Waals surface area contributed by atoms with Gasteiger partial charge >= 0.3 is 12.1 Å². The Bertz CT molecular complexity index is 688. The van der Waals surface area contributed by atoms with Crippen LogP contribution < -0.4 is 5.32 Å². The highest BCUT2D eigenvalue weighted by Gasteiger charge is 2.38. The number of piperidine rings is 1. The lowest BCUT2D eigenvalue weighted by Crippen LogP contribution is -2.57. The number of morpholine rings is 1. The van der Waals surface area contributed by atoms with E-state index in [2.05, 4.69) is 22.3 Å². The number of carboxylic acids is 1. The number of benzene rings is 1. The third-order valence-electron chi connectivity index (χ3n) is 5.23. The van der Waals surface area contributed by atoms with Crippen molar-refractivity contribution in [1.29, 1.82) is 0 Å². The summed E-state index contributed by atoms with van der Waals surface area (Å²) >= 11 is 5.19. The molecule has 0 bridgehead atoms. The molecule has 1 unspecified atom stereocenters. The smallest absolute Gasteiger partial charge is 0.490 e. The molecule has 11 heteroatoms. The van der Waals surface area contributed by atoms with Gasteiger partial charge in [-0.15, -0.1) is 0 Å².